The van der Waals surface area contributed by atoms with Crippen LogP contribution in [0.15, 0.2) is 48.5 Å². The molecule has 33 heavy (non-hydrogen) atoms. The predicted octanol–water partition coefficient (Wildman–Crippen LogP) is 3.53. The minimum atomic E-state index is -4.71. The number of ether oxygens (including phenoxy) is 1. The molecule has 12 heteroatoms. The number of halogens is 3. The summed E-state index contributed by atoms with van der Waals surface area (Å²) in [6.45, 7) is 1.53. The smallest absolute Gasteiger partial charge is 0.416 e. The average molecular weight is 468 g/mol. The maximum atomic E-state index is 13.0. The van der Waals surface area contributed by atoms with Crippen LogP contribution in [0.4, 0.5) is 18.9 Å². The number of carboxylic acid groups (broad SMARTS) is 1. The van der Waals surface area contributed by atoms with Crippen LogP contribution in [-0.4, -0.2) is 40.5 Å². The molecule has 0 fully saturated rings. The van der Waals surface area contributed by atoms with Crippen molar-refractivity contribution < 1.29 is 42.3 Å². The standard InChI is InChI=1S/C21H19F3N2O7/c1-2-33-17(27)11-16(12-6-8-15(9-7-12)26(31)32)18(20(29)30)25-19(28)13-4-3-5-14(10-13)21(22,23)24/h3-10,16,18H,2,11H2,1H3,(H,25,28)(H,29,30)/t16-,18+/m1/s1. The second kappa shape index (κ2) is 10.6. The molecule has 0 aliphatic heterocycles. The Bertz CT molecular complexity index is 1040. The molecule has 0 spiro atoms. The second-order valence-electron chi connectivity index (χ2n) is 6.83. The fourth-order valence-corrected chi connectivity index (χ4v) is 3.07. The van der Waals surface area contributed by atoms with Crippen molar-refractivity contribution in [1.82, 2.24) is 5.32 Å². The van der Waals surface area contributed by atoms with E-state index in [-0.39, 0.29) is 17.9 Å². The molecule has 2 rings (SSSR count). The summed E-state index contributed by atoms with van der Waals surface area (Å²) in [5, 5.41) is 22.8. The Balaban J connectivity index is 2.40. The van der Waals surface area contributed by atoms with Gasteiger partial charge in [0.2, 0.25) is 0 Å². The first kappa shape index (κ1) is 25.3. The van der Waals surface area contributed by atoms with E-state index in [0.29, 0.717) is 6.07 Å². The molecule has 0 saturated heterocycles. The first-order valence-electron chi connectivity index (χ1n) is 9.55. The van der Waals surface area contributed by atoms with Gasteiger partial charge in [0.25, 0.3) is 11.6 Å². The summed E-state index contributed by atoms with van der Waals surface area (Å²) in [4.78, 5) is 46.8. The molecule has 0 radical (unpaired) electrons. The topological polar surface area (TPSA) is 136 Å². The van der Waals surface area contributed by atoms with Crippen LogP contribution < -0.4 is 5.32 Å². The van der Waals surface area contributed by atoms with Crippen molar-refractivity contribution in [3.05, 3.63) is 75.3 Å². The molecular weight excluding hydrogens is 449 g/mol. The molecular formula is C21H19F3N2O7. The van der Waals surface area contributed by atoms with Gasteiger partial charge in [-0.15, -0.1) is 0 Å². The highest BCUT2D eigenvalue weighted by molar-refractivity contribution is 5.97. The molecule has 0 unspecified atom stereocenters. The molecule has 1 amide bonds. The number of carboxylic acids is 1. The largest absolute Gasteiger partial charge is 0.480 e. The van der Waals surface area contributed by atoms with E-state index in [0.717, 1.165) is 30.3 Å². The number of amides is 1. The van der Waals surface area contributed by atoms with Crippen LogP contribution in [0.25, 0.3) is 0 Å². The lowest BCUT2D eigenvalue weighted by Gasteiger charge is -2.25. The van der Waals surface area contributed by atoms with Gasteiger partial charge in [0, 0.05) is 23.6 Å². The lowest BCUT2D eigenvalue weighted by Crippen LogP contribution is -2.45. The molecule has 0 aromatic heterocycles. The second-order valence-corrected chi connectivity index (χ2v) is 6.83. The summed E-state index contributed by atoms with van der Waals surface area (Å²) < 4.78 is 43.7. The first-order chi connectivity index (χ1) is 15.4. The van der Waals surface area contributed by atoms with E-state index >= 15 is 0 Å². The number of carbonyl (C=O) groups excluding carboxylic acids is 2. The van der Waals surface area contributed by atoms with E-state index in [1.807, 2.05) is 0 Å². The molecule has 176 valence electrons. The van der Waals surface area contributed by atoms with Gasteiger partial charge in [-0.3, -0.25) is 19.7 Å². The van der Waals surface area contributed by atoms with Crippen LogP contribution in [0.3, 0.4) is 0 Å². The van der Waals surface area contributed by atoms with Crippen LogP contribution >= 0.6 is 0 Å². The lowest BCUT2D eigenvalue weighted by molar-refractivity contribution is -0.384. The van der Waals surface area contributed by atoms with Gasteiger partial charge in [-0.2, -0.15) is 13.2 Å². The SMILES string of the molecule is CCOC(=O)C[C@H](c1ccc([N+](=O)[O-])cc1)[C@H](NC(=O)c1cccc(C(F)(F)F)c1)C(=O)O. The third-order valence-electron chi connectivity index (χ3n) is 4.63. The van der Waals surface area contributed by atoms with Crippen LogP contribution in [0.1, 0.15) is 40.7 Å². The highest BCUT2D eigenvalue weighted by Gasteiger charge is 2.35. The zero-order chi connectivity index (χ0) is 24.8. The van der Waals surface area contributed by atoms with Gasteiger partial charge in [0.15, 0.2) is 0 Å². The summed E-state index contributed by atoms with van der Waals surface area (Å²) in [5.41, 5.74) is -1.64. The number of nitro benzene ring substituents is 1. The van der Waals surface area contributed by atoms with E-state index in [9.17, 15) is 42.8 Å². The molecule has 2 aromatic rings. The maximum absolute atomic E-state index is 13.0. The molecule has 0 bridgehead atoms. The average Bonchev–Trinajstić information content (AvgIpc) is 2.75. The van der Waals surface area contributed by atoms with Crippen LogP contribution in [0.2, 0.25) is 0 Å². The minimum absolute atomic E-state index is 0.000145. The number of rotatable bonds is 9. The third-order valence-corrected chi connectivity index (χ3v) is 4.63. The highest BCUT2D eigenvalue weighted by Crippen LogP contribution is 2.30. The van der Waals surface area contributed by atoms with Crippen molar-refractivity contribution in [2.75, 3.05) is 6.61 Å². The van der Waals surface area contributed by atoms with E-state index in [4.69, 9.17) is 4.74 Å². The zero-order valence-corrected chi connectivity index (χ0v) is 17.2. The first-order valence-corrected chi connectivity index (χ1v) is 9.55. The Labute approximate surface area is 185 Å². The zero-order valence-electron chi connectivity index (χ0n) is 17.2. The maximum Gasteiger partial charge on any atom is 0.416 e. The number of hydrogen-bond acceptors (Lipinski definition) is 6. The van der Waals surface area contributed by atoms with Gasteiger partial charge in [-0.05, 0) is 30.7 Å². The molecule has 2 atom stereocenters. The highest BCUT2D eigenvalue weighted by atomic mass is 19.4. The monoisotopic (exact) mass is 468 g/mol. The lowest BCUT2D eigenvalue weighted by atomic mass is 9.88. The summed E-state index contributed by atoms with van der Waals surface area (Å²) in [7, 11) is 0. The number of non-ortho nitro benzene ring substituents is 1. The van der Waals surface area contributed by atoms with E-state index in [1.54, 1.807) is 0 Å². The van der Waals surface area contributed by atoms with Gasteiger partial charge >= 0.3 is 18.1 Å². The number of benzene rings is 2. The molecule has 2 aromatic carbocycles. The van der Waals surface area contributed by atoms with Crippen LogP contribution in [-0.2, 0) is 20.5 Å². The Morgan fingerprint density at radius 1 is 1.15 bits per heavy atom. The molecule has 2 N–H and O–H groups in total. The number of nitro groups is 1. The Hall–Kier alpha value is -3.96. The summed E-state index contributed by atoms with van der Waals surface area (Å²) in [6.07, 6.45) is -5.22. The number of hydrogen-bond donors (Lipinski definition) is 2. The van der Waals surface area contributed by atoms with Crippen LogP contribution in [0, 0.1) is 10.1 Å². The number of nitrogens with one attached hydrogen (secondary N) is 1. The molecule has 0 aliphatic carbocycles. The van der Waals surface area contributed by atoms with E-state index in [1.165, 1.54) is 19.1 Å². The molecule has 0 aliphatic rings. The summed E-state index contributed by atoms with van der Waals surface area (Å²) >= 11 is 0. The number of alkyl halides is 3. The van der Waals surface area contributed by atoms with Gasteiger partial charge in [0.1, 0.15) is 6.04 Å². The van der Waals surface area contributed by atoms with Gasteiger partial charge in [-0.25, -0.2) is 4.79 Å². The van der Waals surface area contributed by atoms with E-state index in [2.05, 4.69) is 5.32 Å². The predicted molar refractivity (Wildman–Crippen MR) is 107 cm³/mol. The number of nitrogens with zero attached hydrogens (tertiary/aromatic N) is 1. The third kappa shape index (κ3) is 6.76. The molecule has 0 saturated carbocycles. The Kier molecular flexibility index (Phi) is 8.10. The van der Waals surface area contributed by atoms with Gasteiger partial charge in [0.05, 0.1) is 23.5 Å². The summed E-state index contributed by atoms with van der Waals surface area (Å²) in [6, 6.07) is 6.31. The number of carbonyl (C=O) groups is 3. The van der Waals surface area contributed by atoms with Gasteiger partial charge < -0.3 is 15.2 Å². The fourth-order valence-electron chi connectivity index (χ4n) is 3.07. The van der Waals surface area contributed by atoms with Crippen molar-refractivity contribution in [3.63, 3.8) is 0 Å². The molecule has 0 heterocycles. The van der Waals surface area contributed by atoms with E-state index < -0.39 is 58.5 Å². The van der Waals surface area contributed by atoms with Crippen molar-refractivity contribution in [1.29, 1.82) is 0 Å². The normalized spacial score (nSPS) is 13.0. The quantitative estimate of drug-likeness (QED) is 0.326. The van der Waals surface area contributed by atoms with Crippen LogP contribution in [0.5, 0.6) is 0 Å². The van der Waals surface area contributed by atoms with Gasteiger partial charge in [-0.1, -0.05) is 18.2 Å². The van der Waals surface area contributed by atoms with Crippen molar-refractivity contribution >= 4 is 23.5 Å². The van der Waals surface area contributed by atoms with Crippen molar-refractivity contribution in [2.24, 2.45) is 0 Å². The fraction of sp³-hybridized carbons (Fsp3) is 0.286. The Morgan fingerprint density at radius 2 is 1.79 bits per heavy atom. The van der Waals surface area contributed by atoms with Crippen molar-refractivity contribution in [3.8, 4) is 0 Å². The summed E-state index contributed by atoms with van der Waals surface area (Å²) in [5.74, 6) is -4.69. The number of aliphatic carboxylic acids is 1. The molecule has 9 nitrogen and oxygen atoms in total. The van der Waals surface area contributed by atoms with Crippen molar-refractivity contribution in [2.45, 2.75) is 31.5 Å². The number of esters is 1. The minimum Gasteiger partial charge on any atom is -0.480 e. The Morgan fingerprint density at radius 3 is 2.30 bits per heavy atom.